The summed E-state index contributed by atoms with van der Waals surface area (Å²) < 4.78 is 35.5. The van der Waals surface area contributed by atoms with Gasteiger partial charge >= 0.3 is 0 Å². The number of aromatic nitrogens is 2. The molecule has 164 valence electrons. The van der Waals surface area contributed by atoms with Crippen molar-refractivity contribution in [1.29, 1.82) is 0 Å². The molecule has 0 saturated carbocycles. The lowest BCUT2D eigenvalue weighted by Gasteiger charge is -2.27. The maximum absolute atomic E-state index is 12.9. The van der Waals surface area contributed by atoms with Crippen molar-refractivity contribution >= 4 is 27.3 Å². The van der Waals surface area contributed by atoms with E-state index in [1.165, 1.54) is 17.5 Å². The SMILES string of the molecule is Cc1csc(-c2cc(S(=O)(=O)NCc3ccccc3)cn2CC(=O)N2CCOCC2)n1. The summed E-state index contributed by atoms with van der Waals surface area (Å²) in [6.07, 6.45) is 1.51. The first-order valence-electron chi connectivity index (χ1n) is 9.94. The van der Waals surface area contributed by atoms with Gasteiger partial charge in [-0.1, -0.05) is 30.3 Å². The second-order valence-electron chi connectivity index (χ2n) is 7.29. The Morgan fingerprint density at radius 2 is 1.97 bits per heavy atom. The maximum Gasteiger partial charge on any atom is 0.242 e. The second-order valence-corrected chi connectivity index (χ2v) is 9.91. The summed E-state index contributed by atoms with van der Waals surface area (Å²) in [6, 6.07) is 10.9. The molecule has 0 atom stereocenters. The van der Waals surface area contributed by atoms with E-state index < -0.39 is 10.0 Å². The summed E-state index contributed by atoms with van der Waals surface area (Å²) in [5.74, 6) is -0.0744. The molecule has 3 heterocycles. The maximum atomic E-state index is 12.9. The summed E-state index contributed by atoms with van der Waals surface area (Å²) in [6.45, 7) is 4.21. The van der Waals surface area contributed by atoms with Gasteiger partial charge in [-0.05, 0) is 18.6 Å². The van der Waals surface area contributed by atoms with Crippen molar-refractivity contribution in [3.05, 3.63) is 59.2 Å². The van der Waals surface area contributed by atoms with Crippen LogP contribution in [0.5, 0.6) is 0 Å². The molecule has 8 nitrogen and oxygen atoms in total. The van der Waals surface area contributed by atoms with E-state index in [4.69, 9.17) is 4.74 Å². The van der Waals surface area contributed by atoms with Crippen LogP contribution in [0.1, 0.15) is 11.3 Å². The number of rotatable bonds is 7. The van der Waals surface area contributed by atoms with E-state index in [-0.39, 0.29) is 23.9 Å². The number of carbonyl (C=O) groups excluding carboxylic acids is 1. The molecule has 0 spiro atoms. The third kappa shape index (κ3) is 5.21. The predicted octanol–water partition coefficient (Wildman–Crippen LogP) is 2.26. The Bertz CT molecular complexity index is 1150. The Morgan fingerprint density at radius 1 is 1.23 bits per heavy atom. The lowest BCUT2D eigenvalue weighted by Crippen LogP contribution is -2.42. The molecule has 1 aliphatic rings. The standard InChI is InChI=1S/C21H24N4O4S2/c1-16-15-30-21(23-16)19-11-18(31(27,28)22-12-17-5-3-2-4-6-17)13-25(19)14-20(26)24-7-9-29-10-8-24/h2-6,11,13,15,22H,7-10,12,14H2,1H3. The van der Waals surface area contributed by atoms with Gasteiger partial charge in [0.15, 0.2) is 0 Å². The quantitative estimate of drug-likeness (QED) is 0.584. The van der Waals surface area contributed by atoms with E-state index in [0.29, 0.717) is 37.0 Å². The van der Waals surface area contributed by atoms with Gasteiger partial charge in [-0.2, -0.15) is 0 Å². The first-order valence-corrected chi connectivity index (χ1v) is 12.3. The number of thiazole rings is 1. The van der Waals surface area contributed by atoms with Gasteiger partial charge in [-0.15, -0.1) is 11.3 Å². The van der Waals surface area contributed by atoms with E-state index in [2.05, 4.69) is 9.71 Å². The molecule has 0 radical (unpaired) electrons. The minimum Gasteiger partial charge on any atom is -0.378 e. The number of hydrogen-bond acceptors (Lipinski definition) is 6. The van der Waals surface area contributed by atoms with Crippen LogP contribution in [-0.4, -0.2) is 55.1 Å². The summed E-state index contributed by atoms with van der Waals surface area (Å²) in [5, 5.41) is 2.58. The smallest absolute Gasteiger partial charge is 0.242 e. The number of benzene rings is 1. The molecule has 1 fully saturated rings. The number of ether oxygens (including phenoxy) is 1. The van der Waals surface area contributed by atoms with Crippen LogP contribution in [0.3, 0.4) is 0 Å². The fraction of sp³-hybridized carbons (Fsp3) is 0.333. The minimum atomic E-state index is -3.76. The van der Waals surface area contributed by atoms with Gasteiger partial charge in [-0.3, -0.25) is 4.79 Å². The molecular formula is C21H24N4O4S2. The van der Waals surface area contributed by atoms with Crippen molar-refractivity contribution in [2.24, 2.45) is 0 Å². The van der Waals surface area contributed by atoms with Crippen LogP contribution in [0.25, 0.3) is 10.7 Å². The average Bonchev–Trinajstić information content (AvgIpc) is 3.40. The molecule has 0 aliphatic carbocycles. The number of carbonyl (C=O) groups is 1. The molecule has 1 amide bonds. The molecule has 10 heteroatoms. The molecule has 0 bridgehead atoms. The van der Waals surface area contributed by atoms with E-state index in [9.17, 15) is 13.2 Å². The summed E-state index contributed by atoms with van der Waals surface area (Å²) in [7, 11) is -3.76. The van der Waals surface area contributed by atoms with Gasteiger partial charge in [-0.25, -0.2) is 18.1 Å². The molecule has 4 rings (SSSR count). The van der Waals surface area contributed by atoms with Crippen LogP contribution in [0, 0.1) is 6.92 Å². The van der Waals surface area contributed by atoms with Crippen molar-refractivity contribution in [2.75, 3.05) is 26.3 Å². The molecule has 3 aromatic rings. The predicted molar refractivity (Wildman–Crippen MR) is 118 cm³/mol. The van der Waals surface area contributed by atoms with Crippen LogP contribution in [0.2, 0.25) is 0 Å². The highest BCUT2D eigenvalue weighted by molar-refractivity contribution is 7.89. The highest BCUT2D eigenvalue weighted by Gasteiger charge is 2.23. The number of nitrogens with one attached hydrogen (secondary N) is 1. The molecule has 1 aliphatic heterocycles. The monoisotopic (exact) mass is 460 g/mol. The Morgan fingerprint density at radius 3 is 2.65 bits per heavy atom. The number of nitrogens with zero attached hydrogens (tertiary/aromatic N) is 3. The van der Waals surface area contributed by atoms with E-state index in [1.807, 2.05) is 42.6 Å². The van der Waals surface area contributed by atoms with Crippen molar-refractivity contribution in [2.45, 2.75) is 24.9 Å². The normalized spacial score (nSPS) is 14.7. The lowest BCUT2D eigenvalue weighted by atomic mass is 10.2. The first-order chi connectivity index (χ1) is 14.9. The minimum absolute atomic E-state index is 0.0438. The van der Waals surface area contributed by atoms with Crippen molar-refractivity contribution in [3.63, 3.8) is 0 Å². The van der Waals surface area contributed by atoms with Gasteiger partial charge < -0.3 is 14.2 Å². The average molecular weight is 461 g/mol. The van der Waals surface area contributed by atoms with Crippen LogP contribution < -0.4 is 4.72 Å². The van der Waals surface area contributed by atoms with Crippen LogP contribution >= 0.6 is 11.3 Å². The molecule has 1 saturated heterocycles. The largest absolute Gasteiger partial charge is 0.378 e. The number of morpholine rings is 1. The Labute approximate surface area is 185 Å². The van der Waals surface area contributed by atoms with E-state index in [1.54, 1.807) is 15.5 Å². The molecule has 1 N–H and O–H groups in total. The van der Waals surface area contributed by atoms with Gasteiger partial charge in [0, 0.05) is 36.9 Å². The molecule has 1 aromatic carbocycles. The lowest BCUT2D eigenvalue weighted by molar-refractivity contribution is -0.135. The zero-order valence-corrected chi connectivity index (χ0v) is 18.8. The summed E-state index contributed by atoms with van der Waals surface area (Å²) in [4.78, 5) is 19.1. The van der Waals surface area contributed by atoms with E-state index >= 15 is 0 Å². The Kier molecular flexibility index (Phi) is 6.51. The number of aryl methyl sites for hydroxylation is 1. The van der Waals surface area contributed by atoms with Crippen LogP contribution in [0.15, 0.2) is 52.9 Å². The topological polar surface area (TPSA) is 93.5 Å². The highest BCUT2D eigenvalue weighted by Crippen LogP contribution is 2.28. The summed E-state index contributed by atoms with van der Waals surface area (Å²) >= 11 is 1.42. The number of amides is 1. The Hall–Kier alpha value is -2.53. The van der Waals surface area contributed by atoms with Crippen molar-refractivity contribution in [1.82, 2.24) is 19.2 Å². The highest BCUT2D eigenvalue weighted by atomic mass is 32.2. The molecule has 0 unspecified atom stereocenters. The first kappa shape index (κ1) is 21.7. The number of hydrogen-bond donors (Lipinski definition) is 1. The van der Waals surface area contributed by atoms with Crippen LogP contribution in [0.4, 0.5) is 0 Å². The summed E-state index contributed by atoms with van der Waals surface area (Å²) in [5.41, 5.74) is 2.32. The van der Waals surface area contributed by atoms with Gasteiger partial charge in [0.25, 0.3) is 0 Å². The van der Waals surface area contributed by atoms with Gasteiger partial charge in [0.1, 0.15) is 16.4 Å². The zero-order chi connectivity index (χ0) is 21.8. The van der Waals surface area contributed by atoms with Crippen LogP contribution in [-0.2, 0) is 32.6 Å². The third-order valence-electron chi connectivity index (χ3n) is 5.00. The van der Waals surface area contributed by atoms with E-state index in [0.717, 1.165) is 11.3 Å². The molecule has 2 aromatic heterocycles. The second kappa shape index (κ2) is 9.31. The third-order valence-corrected chi connectivity index (χ3v) is 7.35. The fourth-order valence-corrected chi connectivity index (χ4v) is 5.21. The Balaban J connectivity index is 1.60. The fourth-order valence-electron chi connectivity index (χ4n) is 3.33. The zero-order valence-electron chi connectivity index (χ0n) is 17.2. The van der Waals surface area contributed by atoms with Crippen molar-refractivity contribution in [3.8, 4) is 10.7 Å². The van der Waals surface area contributed by atoms with Gasteiger partial charge in [0.2, 0.25) is 15.9 Å². The van der Waals surface area contributed by atoms with Crippen molar-refractivity contribution < 1.29 is 17.9 Å². The number of sulfonamides is 1. The molecule has 31 heavy (non-hydrogen) atoms. The van der Waals surface area contributed by atoms with Gasteiger partial charge in [0.05, 0.1) is 18.9 Å². The molecular weight excluding hydrogens is 436 g/mol.